The highest BCUT2D eigenvalue weighted by molar-refractivity contribution is 9.10. The van der Waals surface area contributed by atoms with Gasteiger partial charge in [-0.2, -0.15) is 0 Å². The highest BCUT2D eigenvalue weighted by atomic mass is 79.9. The Morgan fingerprint density at radius 3 is 2.23 bits per heavy atom. The minimum absolute atomic E-state index is 0.0141. The quantitative estimate of drug-likeness (QED) is 0.148. The molecule has 0 radical (unpaired) electrons. The lowest BCUT2D eigenvalue weighted by Crippen LogP contribution is -2.54. The van der Waals surface area contributed by atoms with Crippen molar-refractivity contribution in [2.24, 2.45) is 0 Å². The van der Waals surface area contributed by atoms with E-state index in [1.807, 2.05) is 51.1 Å². The van der Waals surface area contributed by atoms with Gasteiger partial charge in [0.25, 0.3) is 10.0 Å². The third kappa shape index (κ3) is 9.15. The third-order valence-corrected chi connectivity index (χ3v) is 10.6. The highest BCUT2D eigenvalue weighted by Gasteiger charge is 2.35. The number of hydrogen-bond donors (Lipinski definition) is 1. The average molecular weight is 741 g/mol. The first kappa shape index (κ1) is 36.0. The number of nitrogens with one attached hydrogen (secondary N) is 1. The van der Waals surface area contributed by atoms with Gasteiger partial charge in [0.05, 0.1) is 22.2 Å². The van der Waals surface area contributed by atoms with Crippen LogP contribution in [-0.2, 0) is 32.6 Å². The molecule has 0 unspecified atom stereocenters. The van der Waals surface area contributed by atoms with E-state index in [1.54, 1.807) is 54.6 Å². The maximum absolute atomic E-state index is 14.6. The number of carbonyl (C=O) groups is 2. The van der Waals surface area contributed by atoms with E-state index in [9.17, 15) is 18.0 Å². The zero-order valence-corrected chi connectivity index (χ0v) is 30.0. The summed E-state index contributed by atoms with van der Waals surface area (Å²) in [6.45, 7) is 5.17. The van der Waals surface area contributed by atoms with Gasteiger partial charge >= 0.3 is 0 Å². The molecule has 0 saturated heterocycles. The number of ether oxygens (including phenoxy) is 1. The van der Waals surface area contributed by atoms with Crippen LogP contribution in [0.3, 0.4) is 0 Å². The summed E-state index contributed by atoms with van der Waals surface area (Å²) in [6.07, 6.45) is 0.904. The van der Waals surface area contributed by atoms with E-state index in [0.29, 0.717) is 32.9 Å². The first-order chi connectivity index (χ1) is 22.4. The molecular formula is C36H39BrClN3O5S. The molecule has 4 aromatic rings. The second kappa shape index (κ2) is 16.3. The second-order valence-corrected chi connectivity index (χ2v) is 14.4. The Bertz CT molecular complexity index is 1790. The number of halogens is 2. The summed E-state index contributed by atoms with van der Waals surface area (Å²) in [5.41, 5.74) is 2.70. The van der Waals surface area contributed by atoms with Crippen molar-refractivity contribution in [1.29, 1.82) is 0 Å². The van der Waals surface area contributed by atoms with Crippen LogP contribution in [0.15, 0.2) is 106 Å². The number of amides is 2. The molecule has 0 bridgehead atoms. The molecule has 2 atom stereocenters. The summed E-state index contributed by atoms with van der Waals surface area (Å²) in [4.78, 5) is 30.0. The number of hydrogen-bond acceptors (Lipinski definition) is 5. The second-order valence-electron chi connectivity index (χ2n) is 11.3. The molecule has 0 saturated carbocycles. The smallest absolute Gasteiger partial charge is 0.264 e. The van der Waals surface area contributed by atoms with E-state index in [0.717, 1.165) is 15.4 Å². The molecular weight excluding hydrogens is 702 g/mol. The predicted octanol–water partition coefficient (Wildman–Crippen LogP) is 7.17. The van der Waals surface area contributed by atoms with Gasteiger partial charge in [-0.1, -0.05) is 84.8 Å². The molecule has 0 aliphatic rings. The number of sulfonamides is 1. The van der Waals surface area contributed by atoms with Crippen molar-refractivity contribution in [2.45, 2.75) is 57.1 Å². The Kier molecular flexibility index (Phi) is 12.5. The van der Waals surface area contributed by atoms with Crippen LogP contribution in [0.4, 0.5) is 5.69 Å². The van der Waals surface area contributed by atoms with Crippen molar-refractivity contribution in [3.8, 4) is 5.75 Å². The predicted molar refractivity (Wildman–Crippen MR) is 190 cm³/mol. The SMILES string of the molecule is CC[C@@H](C)NC(=O)[C@H](Cc1ccccc1)N(Cc1ccccc1Cl)C(=O)CN(c1ccc(C)cc1)S(=O)(=O)c1ccc(OC)c(Br)c1. The summed E-state index contributed by atoms with van der Waals surface area (Å²) in [7, 11) is -2.79. The van der Waals surface area contributed by atoms with Crippen molar-refractivity contribution in [2.75, 3.05) is 18.0 Å². The Hall–Kier alpha value is -3.86. The maximum Gasteiger partial charge on any atom is 0.264 e. The molecule has 2 amide bonds. The molecule has 4 aromatic carbocycles. The lowest BCUT2D eigenvalue weighted by molar-refractivity contribution is -0.140. The Morgan fingerprint density at radius 2 is 1.62 bits per heavy atom. The van der Waals surface area contributed by atoms with E-state index in [2.05, 4.69) is 21.2 Å². The fourth-order valence-corrected chi connectivity index (χ4v) is 7.31. The maximum atomic E-state index is 14.6. The average Bonchev–Trinajstić information content (AvgIpc) is 3.06. The third-order valence-electron chi connectivity index (χ3n) is 7.88. The summed E-state index contributed by atoms with van der Waals surface area (Å²) in [5, 5.41) is 3.46. The molecule has 47 heavy (non-hydrogen) atoms. The zero-order valence-electron chi connectivity index (χ0n) is 26.8. The van der Waals surface area contributed by atoms with Gasteiger partial charge in [-0.05, 0) is 83.7 Å². The van der Waals surface area contributed by atoms with Gasteiger partial charge in [0.2, 0.25) is 11.8 Å². The fraction of sp³-hybridized carbons (Fsp3) is 0.278. The van der Waals surface area contributed by atoms with Gasteiger partial charge in [-0.25, -0.2) is 8.42 Å². The standard InChI is InChI=1S/C36H39BrClN3O5S/c1-5-26(3)39-36(43)33(21-27-11-7-6-8-12-27)40(23-28-13-9-10-14-32(28)38)35(42)24-41(29-17-15-25(2)16-18-29)47(44,45)30-19-20-34(46-4)31(37)22-30/h6-20,22,26,33H,5,21,23-24H2,1-4H3,(H,39,43)/t26-,33+/m1/s1. The van der Waals surface area contributed by atoms with E-state index in [4.69, 9.17) is 16.3 Å². The molecule has 0 fully saturated rings. The Labute approximate surface area is 290 Å². The topological polar surface area (TPSA) is 96.0 Å². The van der Waals surface area contributed by atoms with Gasteiger partial charge in [0.15, 0.2) is 0 Å². The monoisotopic (exact) mass is 739 g/mol. The highest BCUT2D eigenvalue weighted by Crippen LogP contribution is 2.31. The lowest BCUT2D eigenvalue weighted by atomic mass is 10.0. The van der Waals surface area contributed by atoms with Crippen LogP contribution in [0.1, 0.15) is 37.0 Å². The molecule has 0 spiro atoms. The van der Waals surface area contributed by atoms with Gasteiger partial charge in [-0.3, -0.25) is 13.9 Å². The minimum Gasteiger partial charge on any atom is -0.496 e. The summed E-state index contributed by atoms with van der Waals surface area (Å²) >= 11 is 9.96. The van der Waals surface area contributed by atoms with Crippen molar-refractivity contribution < 1.29 is 22.7 Å². The van der Waals surface area contributed by atoms with Crippen LogP contribution < -0.4 is 14.4 Å². The van der Waals surface area contributed by atoms with Crippen LogP contribution >= 0.6 is 27.5 Å². The van der Waals surface area contributed by atoms with Crippen LogP contribution in [0.2, 0.25) is 5.02 Å². The Morgan fingerprint density at radius 1 is 0.957 bits per heavy atom. The molecule has 0 aromatic heterocycles. The van der Waals surface area contributed by atoms with Crippen molar-refractivity contribution in [1.82, 2.24) is 10.2 Å². The van der Waals surface area contributed by atoms with Crippen molar-refractivity contribution in [3.05, 3.63) is 123 Å². The van der Waals surface area contributed by atoms with Crippen LogP contribution in [-0.4, -0.2) is 50.9 Å². The summed E-state index contributed by atoms with van der Waals surface area (Å²) in [5.74, 6) is -0.446. The van der Waals surface area contributed by atoms with Gasteiger partial charge < -0.3 is 15.0 Å². The number of aryl methyl sites for hydroxylation is 1. The normalized spacial score (nSPS) is 12.6. The molecule has 0 heterocycles. The lowest BCUT2D eigenvalue weighted by Gasteiger charge is -2.34. The van der Waals surface area contributed by atoms with Gasteiger partial charge in [-0.15, -0.1) is 0 Å². The summed E-state index contributed by atoms with van der Waals surface area (Å²) in [6, 6.07) is 26.7. The number of nitrogens with zero attached hydrogens (tertiary/aromatic N) is 2. The molecule has 8 nitrogen and oxygen atoms in total. The molecule has 0 aliphatic heterocycles. The number of anilines is 1. The van der Waals surface area contributed by atoms with Crippen LogP contribution in [0, 0.1) is 6.92 Å². The largest absolute Gasteiger partial charge is 0.496 e. The number of rotatable bonds is 14. The first-order valence-electron chi connectivity index (χ1n) is 15.2. The van der Waals surface area contributed by atoms with Crippen LogP contribution in [0.5, 0.6) is 5.75 Å². The van der Waals surface area contributed by atoms with Gasteiger partial charge in [0, 0.05) is 24.0 Å². The zero-order chi connectivity index (χ0) is 34.1. The van der Waals surface area contributed by atoms with Crippen molar-refractivity contribution in [3.63, 3.8) is 0 Å². The van der Waals surface area contributed by atoms with E-state index in [1.165, 1.54) is 24.1 Å². The number of methoxy groups -OCH3 is 1. The molecule has 1 N–H and O–H groups in total. The number of benzene rings is 4. The van der Waals surface area contributed by atoms with Crippen LogP contribution in [0.25, 0.3) is 0 Å². The molecule has 4 rings (SSSR count). The minimum atomic E-state index is -4.28. The Balaban J connectivity index is 1.83. The van der Waals surface area contributed by atoms with E-state index >= 15 is 0 Å². The fourth-order valence-electron chi connectivity index (χ4n) is 4.98. The van der Waals surface area contributed by atoms with E-state index < -0.39 is 28.5 Å². The molecule has 11 heteroatoms. The number of carbonyl (C=O) groups excluding carboxylic acids is 2. The van der Waals surface area contributed by atoms with Gasteiger partial charge in [0.1, 0.15) is 18.3 Å². The summed E-state index contributed by atoms with van der Waals surface area (Å²) < 4.78 is 35.4. The molecule has 0 aliphatic carbocycles. The van der Waals surface area contributed by atoms with E-state index in [-0.39, 0.29) is 29.8 Å². The first-order valence-corrected chi connectivity index (χ1v) is 17.9. The van der Waals surface area contributed by atoms with Crippen molar-refractivity contribution >= 4 is 55.1 Å². The molecule has 248 valence electrons.